The predicted octanol–water partition coefficient (Wildman–Crippen LogP) is 5.25. The van der Waals surface area contributed by atoms with E-state index in [1.54, 1.807) is 4.90 Å². The van der Waals surface area contributed by atoms with Crippen LogP contribution in [0.1, 0.15) is 49.1 Å². The monoisotopic (exact) mass is 498 g/mol. The van der Waals surface area contributed by atoms with Crippen molar-refractivity contribution >= 4 is 17.4 Å². The van der Waals surface area contributed by atoms with Gasteiger partial charge in [-0.1, -0.05) is 18.6 Å². The van der Waals surface area contributed by atoms with Crippen molar-refractivity contribution in [3.05, 3.63) is 53.5 Å². The first kappa shape index (κ1) is 24.3. The van der Waals surface area contributed by atoms with Crippen molar-refractivity contribution in [2.24, 2.45) is 5.92 Å². The molecule has 190 valence electrons. The van der Waals surface area contributed by atoms with Gasteiger partial charge in [0, 0.05) is 43.5 Å². The summed E-state index contributed by atoms with van der Waals surface area (Å²) in [6.45, 7) is 3.40. The standard InChI is InChI=1S/C26H29F3N6O/c1-17-10-11-18(23-33-32-22-9-3-2-4-14-35(22)23)15-21(17)31-25(36)19-7-6-13-34(16-19)24-20(26(27,28)29)8-5-12-30-24/h5,8,10-12,15,19H,2-4,6-7,9,13-14,16H2,1H3,(H,31,36). The van der Waals surface area contributed by atoms with E-state index in [1.807, 2.05) is 25.1 Å². The van der Waals surface area contributed by atoms with Crippen LogP contribution >= 0.6 is 0 Å². The number of benzene rings is 1. The fourth-order valence-corrected chi connectivity index (χ4v) is 5.08. The van der Waals surface area contributed by atoms with Gasteiger partial charge in [-0.2, -0.15) is 13.2 Å². The highest BCUT2D eigenvalue weighted by Gasteiger charge is 2.37. The second kappa shape index (κ2) is 9.91. The highest BCUT2D eigenvalue weighted by atomic mass is 19.4. The second-order valence-corrected chi connectivity index (χ2v) is 9.58. The van der Waals surface area contributed by atoms with Crippen molar-refractivity contribution in [2.75, 3.05) is 23.3 Å². The molecule has 36 heavy (non-hydrogen) atoms. The van der Waals surface area contributed by atoms with Gasteiger partial charge in [-0.15, -0.1) is 10.2 Å². The quantitative estimate of drug-likeness (QED) is 0.532. The van der Waals surface area contributed by atoms with Crippen LogP contribution in [-0.4, -0.2) is 38.7 Å². The van der Waals surface area contributed by atoms with E-state index in [-0.39, 0.29) is 18.3 Å². The van der Waals surface area contributed by atoms with Gasteiger partial charge in [-0.05, 0) is 56.4 Å². The Morgan fingerprint density at radius 1 is 1.08 bits per heavy atom. The number of fused-ring (bicyclic) bond motifs is 1. The average molecular weight is 499 g/mol. The SMILES string of the molecule is Cc1ccc(-c2nnc3n2CCCCC3)cc1NC(=O)C1CCCN(c2ncccc2C(F)(F)F)C1. The summed E-state index contributed by atoms with van der Waals surface area (Å²) >= 11 is 0. The zero-order chi connectivity index (χ0) is 25.3. The van der Waals surface area contributed by atoms with Crippen LogP contribution in [0.15, 0.2) is 36.5 Å². The molecule has 1 fully saturated rings. The molecular weight excluding hydrogens is 469 g/mol. The third kappa shape index (κ3) is 4.94. The van der Waals surface area contributed by atoms with Crippen molar-refractivity contribution in [1.29, 1.82) is 0 Å². The summed E-state index contributed by atoms with van der Waals surface area (Å²) in [5.41, 5.74) is 1.68. The molecule has 4 heterocycles. The molecule has 1 amide bonds. The van der Waals surface area contributed by atoms with Crippen LogP contribution in [0.3, 0.4) is 0 Å². The molecule has 7 nitrogen and oxygen atoms in total. The summed E-state index contributed by atoms with van der Waals surface area (Å²) in [5, 5.41) is 11.8. The van der Waals surface area contributed by atoms with Gasteiger partial charge in [0.1, 0.15) is 11.6 Å². The third-order valence-electron chi connectivity index (χ3n) is 7.05. The van der Waals surface area contributed by atoms with Crippen molar-refractivity contribution in [3.8, 4) is 11.4 Å². The zero-order valence-electron chi connectivity index (χ0n) is 20.2. The van der Waals surface area contributed by atoms with Crippen LogP contribution < -0.4 is 10.2 Å². The number of piperidine rings is 1. The molecule has 0 aliphatic carbocycles. The summed E-state index contributed by atoms with van der Waals surface area (Å²) in [7, 11) is 0. The lowest BCUT2D eigenvalue weighted by atomic mass is 9.96. The first-order valence-corrected chi connectivity index (χ1v) is 12.4. The Morgan fingerprint density at radius 2 is 1.94 bits per heavy atom. The Hall–Kier alpha value is -3.43. The lowest BCUT2D eigenvalue weighted by Crippen LogP contribution is -2.42. The molecule has 2 aromatic heterocycles. The number of pyridine rings is 1. The summed E-state index contributed by atoms with van der Waals surface area (Å²) in [5.74, 6) is 1.01. The van der Waals surface area contributed by atoms with Crippen LogP contribution in [0.2, 0.25) is 0 Å². The van der Waals surface area contributed by atoms with E-state index in [0.29, 0.717) is 25.1 Å². The Morgan fingerprint density at radius 3 is 2.78 bits per heavy atom. The van der Waals surface area contributed by atoms with E-state index in [1.165, 1.54) is 18.7 Å². The van der Waals surface area contributed by atoms with Gasteiger partial charge < -0.3 is 14.8 Å². The number of aromatic nitrogens is 4. The summed E-state index contributed by atoms with van der Waals surface area (Å²) in [6, 6.07) is 8.16. The van der Waals surface area contributed by atoms with Crippen molar-refractivity contribution in [3.63, 3.8) is 0 Å². The number of rotatable bonds is 4. The van der Waals surface area contributed by atoms with E-state index in [9.17, 15) is 18.0 Å². The van der Waals surface area contributed by atoms with Gasteiger partial charge in [0.2, 0.25) is 5.91 Å². The van der Waals surface area contributed by atoms with Gasteiger partial charge >= 0.3 is 6.18 Å². The molecule has 0 spiro atoms. The first-order chi connectivity index (χ1) is 17.3. The van der Waals surface area contributed by atoms with E-state index >= 15 is 0 Å². The molecule has 10 heteroatoms. The topological polar surface area (TPSA) is 75.9 Å². The number of carbonyl (C=O) groups excluding carboxylic acids is 1. The molecule has 0 radical (unpaired) electrons. The number of nitrogens with zero attached hydrogens (tertiary/aromatic N) is 5. The van der Waals surface area contributed by atoms with Crippen LogP contribution in [0, 0.1) is 12.8 Å². The van der Waals surface area contributed by atoms with Crippen molar-refractivity contribution in [2.45, 2.75) is 58.2 Å². The van der Waals surface area contributed by atoms with Crippen molar-refractivity contribution in [1.82, 2.24) is 19.7 Å². The zero-order valence-corrected chi connectivity index (χ0v) is 20.2. The number of amides is 1. The van der Waals surface area contributed by atoms with Gasteiger partial charge in [-0.3, -0.25) is 4.79 Å². The van der Waals surface area contributed by atoms with Gasteiger partial charge in [-0.25, -0.2) is 4.98 Å². The summed E-state index contributed by atoms with van der Waals surface area (Å²) in [6.07, 6.45) is 2.33. The number of carbonyl (C=O) groups is 1. The number of aryl methyl sites for hydroxylation is 2. The normalized spacial score (nSPS) is 18.4. The molecule has 2 aliphatic rings. The van der Waals surface area contributed by atoms with Crippen LogP contribution in [0.25, 0.3) is 11.4 Å². The van der Waals surface area contributed by atoms with Gasteiger partial charge in [0.05, 0.1) is 11.5 Å². The Balaban J connectivity index is 1.34. The molecule has 5 rings (SSSR count). The molecule has 1 saturated heterocycles. The number of hydrogen-bond acceptors (Lipinski definition) is 5. The minimum Gasteiger partial charge on any atom is -0.355 e. The predicted molar refractivity (Wildman–Crippen MR) is 131 cm³/mol. The number of nitrogens with one attached hydrogen (secondary N) is 1. The first-order valence-electron chi connectivity index (χ1n) is 12.4. The smallest absolute Gasteiger partial charge is 0.355 e. The van der Waals surface area contributed by atoms with Crippen molar-refractivity contribution < 1.29 is 18.0 Å². The molecule has 2 aliphatic heterocycles. The molecule has 3 aromatic rings. The van der Waals surface area contributed by atoms with E-state index in [4.69, 9.17) is 0 Å². The molecule has 1 atom stereocenters. The average Bonchev–Trinajstić information content (AvgIpc) is 3.12. The number of anilines is 2. The second-order valence-electron chi connectivity index (χ2n) is 9.58. The summed E-state index contributed by atoms with van der Waals surface area (Å²) in [4.78, 5) is 18.8. The van der Waals surface area contributed by atoms with Gasteiger partial charge in [0.15, 0.2) is 5.82 Å². The van der Waals surface area contributed by atoms with Crippen LogP contribution in [0.5, 0.6) is 0 Å². The lowest BCUT2D eigenvalue weighted by Gasteiger charge is -2.34. The maximum Gasteiger partial charge on any atom is 0.419 e. The highest BCUT2D eigenvalue weighted by Crippen LogP contribution is 2.36. The fraction of sp³-hybridized carbons (Fsp3) is 0.462. The molecular formula is C26H29F3N6O. The maximum absolute atomic E-state index is 13.5. The Kier molecular flexibility index (Phi) is 6.68. The highest BCUT2D eigenvalue weighted by molar-refractivity contribution is 5.94. The molecule has 0 bridgehead atoms. The molecule has 1 aromatic carbocycles. The molecule has 1 N–H and O–H groups in total. The van der Waals surface area contributed by atoms with Crippen LogP contribution in [-0.2, 0) is 23.9 Å². The number of alkyl halides is 3. The van der Waals surface area contributed by atoms with E-state index < -0.39 is 17.7 Å². The Labute approximate surface area is 207 Å². The minimum absolute atomic E-state index is 0.117. The third-order valence-corrected chi connectivity index (χ3v) is 7.05. The van der Waals surface area contributed by atoms with Crippen LogP contribution in [0.4, 0.5) is 24.7 Å². The van der Waals surface area contributed by atoms with E-state index in [2.05, 4.69) is 25.1 Å². The number of halogens is 3. The fourth-order valence-electron chi connectivity index (χ4n) is 5.08. The van der Waals surface area contributed by atoms with Gasteiger partial charge in [0.25, 0.3) is 0 Å². The maximum atomic E-state index is 13.5. The van der Waals surface area contributed by atoms with E-state index in [0.717, 1.165) is 54.6 Å². The lowest BCUT2D eigenvalue weighted by molar-refractivity contribution is -0.137. The largest absolute Gasteiger partial charge is 0.419 e. The summed E-state index contributed by atoms with van der Waals surface area (Å²) < 4.78 is 42.7. The Bertz CT molecular complexity index is 1250. The minimum atomic E-state index is -4.50. The molecule has 1 unspecified atom stereocenters. The molecule has 0 saturated carbocycles. The number of hydrogen-bond donors (Lipinski definition) is 1.